The zero-order chi connectivity index (χ0) is 15.4. The third-order valence-corrected chi connectivity index (χ3v) is 4.49. The van der Waals surface area contributed by atoms with Gasteiger partial charge in [0.25, 0.3) is 0 Å². The molecule has 1 heterocycles. The van der Waals surface area contributed by atoms with Crippen LogP contribution < -0.4 is 15.4 Å². The first kappa shape index (κ1) is 16.0. The lowest BCUT2D eigenvalue weighted by Crippen LogP contribution is -2.39. The van der Waals surface area contributed by atoms with Gasteiger partial charge in [-0.1, -0.05) is 19.1 Å². The first-order chi connectivity index (χ1) is 10.1. The molecular weight excluding hydrogens is 282 g/mol. The Morgan fingerprint density at radius 3 is 2.90 bits per heavy atom. The molecule has 1 aromatic rings. The van der Waals surface area contributed by atoms with Gasteiger partial charge in [0.1, 0.15) is 10.7 Å². The second-order valence-electron chi connectivity index (χ2n) is 5.55. The minimum Gasteiger partial charge on any atom is -0.497 e. The van der Waals surface area contributed by atoms with Crippen molar-refractivity contribution in [2.45, 2.75) is 25.8 Å². The first-order valence-electron chi connectivity index (χ1n) is 7.49. The Kier molecular flexibility index (Phi) is 5.42. The lowest BCUT2D eigenvalue weighted by Gasteiger charge is -2.30. The van der Waals surface area contributed by atoms with Crippen LogP contribution in [0, 0.1) is 0 Å². The van der Waals surface area contributed by atoms with Gasteiger partial charge in [-0.2, -0.15) is 0 Å². The van der Waals surface area contributed by atoms with Crippen LogP contribution in [0.5, 0.6) is 5.75 Å². The molecular formula is C16H25N3OS. The van der Waals surface area contributed by atoms with Gasteiger partial charge < -0.3 is 15.4 Å². The number of hydrogen-bond acceptors (Lipinski definition) is 4. The Balaban J connectivity index is 2.20. The minimum absolute atomic E-state index is 0.429. The summed E-state index contributed by atoms with van der Waals surface area (Å²) >= 11 is 5.18. The molecule has 1 fully saturated rings. The van der Waals surface area contributed by atoms with E-state index in [1.165, 1.54) is 19.4 Å². The molecule has 0 aromatic heterocycles. The van der Waals surface area contributed by atoms with Gasteiger partial charge in [-0.05, 0) is 38.1 Å². The van der Waals surface area contributed by atoms with Gasteiger partial charge in [0.05, 0.1) is 12.8 Å². The van der Waals surface area contributed by atoms with E-state index in [1.54, 1.807) is 7.11 Å². The fourth-order valence-corrected chi connectivity index (χ4v) is 3.27. The summed E-state index contributed by atoms with van der Waals surface area (Å²) in [7, 11) is 3.78. The Morgan fingerprint density at radius 1 is 1.52 bits per heavy atom. The average molecular weight is 307 g/mol. The van der Waals surface area contributed by atoms with Gasteiger partial charge in [-0.3, -0.25) is 4.90 Å². The third-order valence-electron chi connectivity index (χ3n) is 4.27. The van der Waals surface area contributed by atoms with Gasteiger partial charge in [0.2, 0.25) is 0 Å². The highest BCUT2D eigenvalue weighted by atomic mass is 32.1. The van der Waals surface area contributed by atoms with Crippen molar-refractivity contribution >= 4 is 22.9 Å². The molecule has 116 valence electrons. The number of methoxy groups -OCH3 is 1. The van der Waals surface area contributed by atoms with E-state index < -0.39 is 0 Å². The van der Waals surface area contributed by atoms with E-state index in [2.05, 4.69) is 23.8 Å². The molecule has 2 N–H and O–H groups in total. The molecule has 1 aliphatic heterocycles. The molecule has 21 heavy (non-hydrogen) atoms. The summed E-state index contributed by atoms with van der Waals surface area (Å²) in [4.78, 5) is 5.21. The van der Waals surface area contributed by atoms with Crippen molar-refractivity contribution in [3.05, 3.63) is 23.8 Å². The predicted octanol–water partition coefficient (Wildman–Crippen LogP) is 2.25. The summed E-state index contributed by atoms with van der Waals surface area (Å²) in [6.45, 7) is 5.52. The summed E-state index contributed by atoms with van der Waals surface area (Å²) < 4.78 is 5.33. The first-order valence-corrected chi connectivity index (χ1v) is 7.90. The number of rotatable bonds is 6. The quantitative estimate of drug-likeness (QED) is 0.817. The van der Waals surface area contributed by atoms with E-state index >= 15 is 0 Å². The van der Waals surface area contributed by atoms with Crippen LogP contribution in [0.3, 0.4) is 0 Å². The molecule has 2 rings (SSSR count). The van der Waals surface area contributed by atoms with Crippen molar-refractivity contribution in [3.8, 4) is 5.75 Å². The van der Waals surface area contributed by atoms with Gasteiger partial charge in [-0.15, -0.1) is 0 Å². The molecule has 1 aromatic carbocycles. The second-order valence-corrected chi connectivity index (χ2v) is 5.99. The van der Waals surface area contributed by atoms with Crippen LogP contribution in [0.2, 0.25) is 0 Å². The summed E-state index contributed by atoms with van der Waals surface area (Å²) in [5, 5.41) is 0. The molecule has 0 saturated carbocycles. The lowest BCUT2D eigenvalue weighted by atomic mass is 10.1. The maximum absolute atomic E-state index is 5.86. The van der Waals surface area contributed by atoms with Crippen LogP contribution in [0.1, 0.15) is 25.3 Å². The fourth-order valence-electron chi connectivity index (χ4n) is 3.10. The summed E-state index contributed by atoms with van der Waals surface area (Å²) in [5.41, 5.74) is 7.82. The monoisotopic (exact) mass is 307 g/mol. The Hall–Kier alpha value is -1.33. The van der Waals surface area contributed by atoms with Gasteiger partial charge >= 0.3 is 0 Å². The Bertz CT molecular complexity index is 506. The standard InChI is InChI=1S/C16H25N3OS/c1-4-19-9-5-6-12(19)11-18(2)15-10-13(20-3)7-8-14(15)16(17)21/h7-8,10,12H,4-6,9,11H2,1-3H3,(H2,17,21). The van der Waals surface area contributed by atoms with Gasteiger partial charge in [0, 0.05) is 31.3 Å². The highest BCUT2D eigenvalue weighted by Crippen LogP contribution is 2.27. The summed E-state index contributed by atoms with van der Waals surface area (Å²) in [5.74, 6) is 0.829. The molecule has 1 unspecified atom stereocenters. The maximum atomic E-state index is 5.86. The van der Waals surface area contributed by atoms with E-state index in [-0.39, 0.29) is 0 Å². The van der Waals surface area contributed by atoms with Gasteiger partial charge in [0.15, 0.2) is 0 Å². The van der Waals surface area contributed by atoms with Crippen molar-refractivity contribution in [2.75, 3.05) is 38.7 Å². The van der Waals surface area contributed by atoms with Gasteiger partial charge in [-0.25, -0.2) is 0 Å². The number of likely N-dealkylation sites (N-methyl/N-ethyl adjacent to an activating group) is 2. The Morgan fingerprint density at radius 2 is 2.29 bits per heavy atom. The van der Waals surface area contributed by atoms with Crippen LogP contribution in [-0.4, -0.2) is 49.7 Å². The Labute approximate surface area is 132 Å². The van der Waals surface area contributed by atoms with E-state index in [1.807, 2.05) is 18.2 Å². The average Bonchev–Trinajstić information content (AvgIpc) is 2.93. The number of ether oxygens (including phenoxy) is 1. The lowest BCUT2D eigenvalue weighted by molar-refractivity contribution is 0.270. The topological polar surface area (TPSA) is 41.7 Å². The number of anilines is 1. The number of nitrogens with zero attached hydrogens (tertiary/aromatic N) is 2. The van der Waals surface area contributed by atoms with Crippen LogP contribution in [0.25, 0.3) is 0 Å². The normalized spacial score (nSPS) is 18.7. The smallest absolute Gasteiger partial charge is 0.120 e. The largest absolute Gasteiger partial charge is 0.497 e. The molecule has 1 aliphatic rings. The number of hydrogen-bond donors (Lipinski definition) is 1. The number of benzene rings is 1. The van der Waals surface area contributed by atoms with Crippen LogP contribution in [0.15, 0.2) is 18.2 Å². The molecule has 0 aliphatic carbocycles. The van der Waals surface area contributed by atoms with E-state index in [9.17, 15) is 0 Å². The molecule has 0 radical (unpaired) electrons. The highest BCUT2D eigenvalue weighted by Gasteiger charge is 2.25. The fraction of sp³-hybridized carbons (Fsp3) is 0.562. The molecule has 1 atom stereocenters. The van der Waals surface area contributed by atoms with Crippen molar-refractivity contribution < 1.29 is 4.74 Å². The van der Waals surface area contributed by atoms with E-state index in [0.717, 1.165) is 30.1 Å². The van der Waals surface area contributed by atoms with E-state index in [0.29, 0.717) is 11.0 Å². The molecule has 0 spiro atoms. The SMILES string of the molecule is CCN1CCCC1CN(C)c1cc(OC)ccc1C(N)=S. The van der Waals surface area contributed by atoms with Crippen molar-refractivity contribution in [1.29, 1.82) is 0 Å². The van der Waals surface area contributed by atoms with Crippen molar-refractivity contribution in [3.63, 3.8) is 0 Å². The zero-order valence-electron chi connectivity index (χ0n) is 13.1. The molecule has 0 amide bonds. The summed E-state index contributed by atoms with van der Waals surface area (Å²) in [6.07, 6.45) is 2.54. The predicted molar refractivity (Wildman–Crippen MR) is 92.4 cm³/mol. The second kappa shape index (κ2) is 7.09. The highest BCUT2D eigenvalue weighted by molar-refractivity contribution is 7.80. The van der Waals surface area contributed by atoms with Crippen molar-refractivity contribution in [1.82, 2.24) is 4.90 Å². The minimum atomic E-state index is 0.429. The molecule has 4 nitrogen and oxygen atoms in total. The van der Waals surface area contributed by atoms with Crippen molar-refractivity contribution in [2.24, 2.45) is 5.73 Å². The zero-order valence-corrected chi connectivity index (χ0v) is 13.9. The summed E-state index contributed by atoms with van der Waals surface area (Å²) in [6, 6.07) is 6.46. The van der Waals surface area contributed by atoms with Crippen LogP contribution >= 0.6 is 12.2 Å². The molecule has 1 saturated heterocycles. The molecule has 0 bridgehead atoms. The van der Waals surface area contributed by atoms with Crippen LogP contribution in [0.4, 0.5) is 5.69 Å². The molecule has 5 heteroatoms. The number of nitrogens with two attached hydrogens (primary N) is 1. The number of likely N-dealkylation sites (tertiary alicyclic amines) is 1. The van der Waals surface area contributed by atoms with E-state index in [4.69, 9.17) is 22.7 Å². The number of thiocarbonyl (C=S) groups is 1. The third kappa shape index (κ3) is 3.66. The maximum Gasteiger partial charge on any atom is 0.120 e. The van der Waals surface area contributed by atoms with Crippen LogP contribution in [-0.2, 0) is 0 Å².